The smallest absolute Gasteiger partial charge is 0.253 e. The van der Waals surface area contributed by atoms with E-state index in [-0.39, 0.29) is 17.5 Å². The van der Waals surface area contributed by atoms with Gasteiger partial charge < -0.3 is 14.6 Å². The molecule has 1 amide bonds. The number of carbonyl (C=O) groups is 1. The fourth-order valence-corrected chi connectivity index (χ4v) is 4.07. The molecule has 2 aromatic rings. The number of fused-ring (bicyclic) bond motifs is 4. The second-order valence-electron chi connectivity index (χ2n) is 7.34. The lowest BCUT2D eigenvalue weighted by atomic mass is 9.84. The molecule has 1 aromatic carbocycles. The van der Waals surface area contributed by atoms with Crippen molar-refractivity contribution in [3.05, 3.63) is 29.4 Å². The second kappa shape index (κ2) is 5.28. The summed E-state index contributed by atoms with van der Waals surface area (Å²) in [5, 5.41) is 3.11. The first kappa shape index (κ1) is 14.4. The molecule has 0 spiro atoms. The zero-order valence-electron chi connectivity index (χ0n) is 13.4. The molecule has 3 saturated heterocycles. The molecule has 0 unspecified atom stereocenters. The van der Waals surface area contributed by atoms with Crippen molar-refractivity contribution in [2.45, 2.75) is 37.6 Å². The molecule has 4 heterocycles. The fourth-order valence-electron chi connectivity index (χ4n) is 4.07. The number of piperidine rings is 3. The lowest BCUT2D eigenvalue weighted by Crippen LogP contribution is -2.57. The summed E-state index contributed by atoms with van der Waals surface area (Å²) in [6.07, 6.45) is 4.35. The van der Waals surface area contributed by atoms with Gasteiger partial charge in [-0.25, -0.2) is 9.37 Å². The van der Waals surface area contributed by atoms with Gasteiger partial charge in [-0.3, -0.25) is 4.79 Å². The molecule has 1 atom stereocenters. The van der Waals surface area contributed by atoms with Crippen LogP contribution in [0.4, 0.5) is 4.39 Å². The number of nitrogens with one attached hydrogen (secondary N) is 1. The summed E-state index contributed by atoms with van der Waals surface area (Å²) in [4.78, 5) is 19.6. The third-order valence-electron chi connectivity index (χ3n) is 5.62. The zero-order chi connectivity index (χ0) is 16.3. The van der Waals surface area contributed by atoms with E-state index in [0.29, 0.717) is 28.8 Å². The number of benzene rings is 1. The molecule has 2 bridgehead atoms. The Hall–Kier alpha value is -1.95. The number of aromatic nitrogens is 1. The molecule has 4 aliphatic rings. The number of halogens is 1. The van der Waals surface area contributed by atoms with E-state index in [9.17, 15) is 9.18 Å². The Bertz CT molecular complexity index is 806. The van der Waals surface area contributed by atoms with Gasteiger partial charge >= 0.3 is 0 Å². The van der Waals surface area contributed by atoms with Gasteiger partial charge in [-0.15, -0.1) is 0 Å². The van der Waals surface area contributed by atoms with Gasteiger partial charge in [0.15, 0.2) is 11.5 Å². The number of nitrogens with zero attached hydrogens (tertiary/aromatic N) is 2. The van der Waals surface area contributed by atoms with Crippen molar-refractivity contribution in [2.75, 3.05) is 19.6 Å². The summed E-state index contributed by atoms with van der Waals surface area (Å²) in [6.45, 7) is 3.13. The van der Waals surface area contributed by atoms with Crippen molar-refractivity contribution in [1.82, 2.24) is 15.2 Å². The summed E-state index contributed by atoms with van der Waals surface area (Å²) in [6, 6.07) is 2.74. The molecular weight excluding hydrogens is 309 g/mol. The van der Waals surface area contributed by atoms with Crippen LogP contribution in [0, 0.1) is 11.7 Å². The molecule has 3 aliphatic heterocycles. The third-order valence-corrected chi connectivity index (χ3v) is 5.62. The Labute approximate surface area is 139 Å². The number of oxazole rings is 1. The number of hydrogen-bond donors (Lipinski definition) is 1. The van der Waals surface area contributed by atoms with Crippen molar-refractivity contribution in [3.63, 3.8) is 0 Å². The number of carbonyl (C=O) groups excluding carboxylic acids is 1. The minimum absolute atomic E-state index is 0.146. The van der Waals surface area contributed by atoms with E-state index < -0.39 is 5.82 Å². The number of rotatable bonds is 3. The predicted octanol–water partition coefficient (Wildman–Crippen LogP) is 2.67. The topological polar surface area (TPSA) is 58.4 Å². The van der Waals surface area contributed by atoms with Gasteiger partial charge in [0.05, 0.1) is 5.56 Å². The highest BCUT2D eigenvalue weighted by Gasteiger charge is 2.35. The van der Waals surface area contributed by atoms with Gasteiger partial charge in [0, 0.05) is 24.6 Å². The van der Waals surface area contributed by atoms with E-state index in [2.05, 4.69) is 15.2 Å². The molecule has 1 saturated carbocycles. The number of hydrogen-bond acceptors (Lipinski definition) is 4. The molecule has 1 aromatic heterocycles. The van der Waals surface area contributed by atoms with E-state index in [4.69, 9.17) is 4.42 Å². The monoisotopic (exact) mass is 329 g/mol. The Morgan fingerprint density at radius 1 is 1.25 bits per heavy atom. The van der Waals surface area contributed by atoms with Crippen LogP contribution in [0.2, 0.25) is 0 Å². The van der Waals surface area contributed by atoms with Crippen LogP contribution in [0.3, 0.4) is 0 Å². The Morgan fingerprint density at radius 2 is 2.04 bits per heavy atom. The fraction of sp³-hybridized carbons (Fsp3) is 0.556. The van der Waals surface area contributed by atoms with Gasteiger partial charge in [0.1, 0.15) is 11.3 Å². The molecule has 0 radical (unpaired) electrons. The van der Waals surface area contributed by atoms with E-state index in [1.807, 2.05) is 0 Å². The van der Waals surface area contributed by atoms with Gasteiger partial charge in [-0.2, -0.15) is 0 Å². The maximum absolute atomic E-state index is 13.9. The average molecular weight is 329 g/mol. The lowest BCUT2D eigenvalue weighted by molar-refractivity contribution is 0.0621. The van der Waals surface area contributed by atoms with Crippen molar-refractivity contribution in [2.24, 2.45) is 5.92 Å². The highest BCUT2D eigenvalue weighted by Crippen LogP contribution is 2.41. The molecule has 6 heteroatoms. The molecule has 24 heavy (non-hydrogen) atoms. The second-order valence-corrected chi connectivity index (χ2v) is 7.34. The Kier molecular flexibility index (Phi) is 3.16. The highest BCUT2D eigenvalue weighted by atomic mass is 19.1. The quantitative estimate of drug-likeness (QED) is 0.940. The van der Waals surface area contributed by atoms with Crippen LogP contribution in [0.15, 0.2) is 16.5 Å². The Morgan fingerprint density at radius 3 is 2.71 bits per heavy atom. The first-order chi connectivity index (χ1) is 11.7. The standard InChI is InChI=1S/C18H20FN3O2/c19-12-7-13(16-15(8-12)24-18(21-16)11-1-2-11)17(23)20-14-9-22-5-3-10(14)4-6-22/h7-8,10-11,14H,1-6,9H2,(H,20,23)/t14-/m1/s1. The first-order valence-electron chi connectivity index (χ1n) is 8.80. The SMILES string of the molecule is O=C(N[C@@H]1CN2CCC1CC2)c1cc(F)cc2oc(C3CC3)nc12. The number of amides is 1. The third kappa shape index (κ3) is 2.40. The lowest BCUT2D eigenvalue weighted by Gasteiger charge is -2.44. The van der Waals surface area contributed by atoms with Gasteiger partial charge in [0.25, 0.3) is 5.91 Å². The minimum atomic E-state index is -0.458. The van der Waals surface area contributed by atoms with Crippen LogP contribution in [-0.4, -0.2) is 41.5 Å². The van der Waals surface area contributed by atoms with Crippen LogP contribution in [-0.2, 0) is 0 Å². The van der Waals surface area contributed by atoms with Crippen LogP contribution in [0.1, 0.15) is 47.8 Å². The molecule has 1 N–H and O–H groups in total. The molecule has 5 nitrogen and oxygen atoms in total. The van der Waals surface area contributed by atoms with Crippen LogP contribution in [0.5, 0.6) is 0 Å². The van der Waals surface area contributed by atoms with Crippen LogP contribution < -0.4 is 5.32 Å². The van der Waals surface area contributed by atoms with Crippen molar-refractivity contribution >= 4 is 17.0 Å². The summed E-state index contributed by atoms with van der Waals surface area (Å²) in [5.41, 5.74) is 1.14. The average Bonchev–Trinajstić information content (AvgIpc) is 3.35. The van der Waals surface area contributed by atoms with Crippen LogP contribution >= 0.6 is 0 Å². The largest absolute Gasteiger partial charge is 0.440 e. The normalized spacial score (nSPS) is 29.1. The van der Waals surface area contributed by atoms with E-state index in [1.54, 1.807) is 0 Å². The molecule has 126 valence electrons. The van der Waals surface area contributed by atoms with E-state index in [1.165, 1.54) is 12.1 Å². The van der Waals surface area contributed by atoms with E-state index >= 15 is 0 Å². The highest BCUT2D eigenvalue weighted by molar-refractivity contribution is 6.04. The molecular formula is C18H20FN3O2. The molecule has 4 fully saturated rings. The van der Waals surface area contributed by atoms with Crippen LogP contribution in [0.25, 0.3) is 11.1 Å². The van der Waals surface area contributed by atoms with Gasteiger partial charge in [0.2, 0.25) is 0 Å². The maximum Gasteiger partial charge on any atom is 0.253 e. The van der Waals surface area contributed by atoms with Crippen molar-refractivity contribution in [3.8, 4) is 0 Å². The summed E-state index contributed by atoms with van der Waals surface area (Å²) in [5.74, 6) is 0.794. The van der Waals surface area contributed by atoms with Gasteiger partial charge in [-0.05, 0) is 50.8 Å². The molecule has 1 aliphatic carbocycles. The summed E-state index contributed by atoms with van der Waals surface area (Å²) >= 11 is 0. The van der Waals surface area contributed by atoms with Crippen molar-refractivity contribution < 1.29 is 13.6 Å². The van der Waals surface area contributed by atoms with E-state index in [0.717, 1.165) is 45.3 Å². The first-order valence-corrected chi connectivity index (χ1v) is 8.80. The van der Waals surface area contributed by atoms with Gasteiger partial charge in [-0.1, -0.05) is 0 Å². The maximum atomic E-state index is 13.9. The van der Waals surface area contributed by atoms with Crippen molar-refractivity contribution in [1.29, 1.82) is 0 Å². The summed E-state index contributed by atoms with van der Waals surface area (Å²) in [7, 11) is 0. The molecule has 6 rings (SSSR count). The zero-order valence-corrected chi connectivity index (χ0v) is 13.4. The predicted molar refractivity (Wildman–Crippen MR) is 86.4 cm³/mol. The Balaban J connectivity index is 1.45. The summed E-state index contributed by atoms with van der Waals surface area (Å²) < 4.78 is 19.6. The minimum Gasteiger partial charge on any atom is -0.440 e.